The van der Waals surface area contributed by atoms with Crippen molar-refractivity contribution >= 4 is 5.97 Å². The van der Waals surface area contributed by atoms with Gasteiger partial charge in [-0.2, -0.15) is 0 Å². The normalized spacial score (nSPS) is 11.2. The molecule has 68 valence electrons. The third-order valence-electron chi connectivity index (χ3n) is 1.51. The first-order valence-electron chi connectivity index (χ1n) is 4.25. The van der Waals surface area contributed by atoms with Gasteiger partial charge in [0.15, 0.2) is 0 Å². The van der Waals surface area contributed by atoms with Crippen LogP contribution in [0.15, 0.2) is 0 Å². The Morgan fingerprint density at radius 3 is 2.67 bits per heavy atom. The maximum Gasteiger partial charge on any atom is 0.309 e. The second-order valence-electron chi connectivity index (χ2n) is 2.73. The maximum absolute atomic E-state index is 10.9. The predicted octanol–water partition coefficient (Wildman–Crippen LogP) is 1.99. The van der Waals surface area contributed by atoms with Crippen LogP contribution in [0.2, 0.25) is 0 Å². The molecule has 0 aliphatic heterocycles. The van der Waals surface area contributed by atoms with Gasteiger partial charge in [0, 0.05) is 12.8 Å². The molecule has 2 nitrogen and oxygen atoms in total. The number of methoxy groups -OCH3 is 1. The van der Waals surface area contributed by atoms with Crippen molar-refractivity contribution < 1.29 is 9.53 Å². The second kappa shape index (κ2) is 6.72. The topological polar surface area (TPSA) is 26.3 Å². The fourth-order valence-corrected chi connectivity index (χ4v) is 0.723. The molecule has 0 heterocycles. The molecule has 0 spiro atoms. The Morgan fingerprint density at radius 2 is 2.17 bits per heavy atom. The van der Waals surface area contributed by atoms with Crippen molar-refractivity contribution in [2.75, 3.05) is 7.11 Å². The molecule has 0 bridgehead atoms. The first-order chi connectivity index (χ1) is 5.72. The quantitative estimate of drug-likeness (QED) is 0.476. The Kier molecular flexibility index (Phi) is 6.18. The zero-order valence-electron chi connectivity index (χ0n) is 8.02. The smallest absolute Gasteiger partial charge is 0.309 e. The molecule has 0 N–H and O–H groups in total. The van der Waals surface area contributed by atoms with Crippen LogP contribution in [0.25, 0.3) is 0 Å². The third kappa shape index (κ3) is 4.79. The van der Waals surface area contributed by atoms with E-state index in [4.69, 9.17) is 0 Å². The zero-order chi connectivity index (χ0) is 9.40. The molecule has 2 heteroatoms. The van der Waals surface area contributed by atoms with Crippen molar-refractivity contribution in [2.24, 2.45) is 5.92 Å². The highest BCUT2D eigenvalue weighted by atomic mass is 16.5. The number of esters is 1. The number of hydrogen-bond acceptors (Lipinski definition) is 2. The molecule has 0 saturated carbocycles. The highest BCUT2D eigenvalue weighted by molar-refractivity contribution is 5.72. The lowest BCUT2D eigenvalue weighted by Gasteiger charge is -2.02. The van der Waals surface area contributed by atoms with Crippen molar-refractivity contribution in [1.29, 1.82) is 0 Å². The minimum absolute atomic E-state index is 0.0978. The molecule has 0 rings (SSSR count). The Morgan fingerprint density at radius 1 is 1.50 bits per heavy atom. The Bertz CT molecular complexity index is 186. The Hall–Kier alpha value is -0.970. The monoisotopic (exact) mass is 168 g/mol. The summed E-state index contributed by atoms with van der Waals surface area (Å²) in [5.41, 5.74) is 0. The first-order valence-corrected chi connectivity index (χ1v) is 4.25. The van der Waals surface area contributed by atoms with E-state index in [0.29, 0.717) is 6.42 Å². The highest BCUT2D eigenvalue weighted by Gasteiger charge is 2.10. The van der Waals surface area contributed by atoms with Gasteiger partial charge in [0.25, 0.3) is 0 Å². The van der Waals surface area contributed by atoms with Gasteiger partial charge in [0.1, 0.15) is 0 Å². The lowest BCUT2D eigenvalue weighted by atomic mass is 10.1. The molecule has 0 radical (unpaired) electrons. The van der Waals surface area contributed by atoms with E-state index >= 15 is 0 Å². The molecule has 12 heavy (non-hydrogen) atoms. The van der Waals surface area contributed by atoms with Crippen LogP contribution in [0.3, 0.4) is 0 Å². The number of hydrogen-bond donors (Lipinski definition) is 0. The number of carbonyl (C=O) groups is 1. The van der Waals surface area contributed by atoms with E-state index in [0.717, 1.165) is 12.8 Å². The van der Waals surface area contributed by atoms with E-state index in [2.05, 4.69) is 23.5 Å². The summed E-state index contributed by atoms with van der Waals surface area (Å²) in [4.78, 5) is 10.9. The van der Waals surface area contributed by atoms with Crippen molar-refractivity contribution in [2.45, 2.75) is 33.1 Å². The summed E-state index contributed by atoms with van der Waals surface area (Å²) in [6.07, 6.45) is 2.58. The lowest BCUT2D eigenvalue weighted by molar-refractivity contribution is -0.144. The van der Waals surface area contributed by atoms with Crippen molar-refractivity contribution in [3.8, 4) is 11.8 Å². The number of unbranched alkanes of at least 4 members (excludes halogenated alkanes) is 1. The van der Waals surface area contributed by atoms with Crippen molar-refractivity contribution in [1.82, 2.24) is 0 Å². The third-order valence-corrected chi connectivity index (χ3v) is 1.51. The molecule has 0 fully saturated rings. The molecule has 1 atom stereocenters. The van der Waals surface area contributed by atoms with E-state index in [1.165, 1.54) is 7.11 Å². The van der Waals surface area contributed by atoms with E-state index in [1.54, 1.807) is 0 Å². The first kappa shape index (κ1) is 11.0. The van der Waals surface area contributed by atoms with Crippen LogP contribution in [0.4, 0.5) is 0 Å². The number of carbonyl (C=O) groups excluding carboxylic acids is 1. The summed E-state index contributed by atoms with van der Waals surface area (Å²) < 4.78 is 4.56. The largest absolute Gasteiger partial charge is 0.469 e. The summed E-state index contributed by atoms with van der Waals surface area (Å²) in [7, 11) is 1.40. The summed E-state index contributed by atoms with van der Waals surface area (Å²) in [6.45, 7) is 3.91. The minimum atomic E-state index is -0.180. The van der Waals surface area contributed by atoms with Gasteiger partial charge in [-0.25, -0.2) is 0 Å². The molecule has 0 aromatic heterocycles. The fourth-order valence-electron chi connectivity index (χ4n) is 0.723. The molecule has 0 aliphatic rings. The van der Waals surface area contributed by atoms with Gasteiger partial charge >= 0.3 is 5.97 Å². The van der Waals surface area contributed by atoms with Gasteiger partial charge < -0.3 is 4.74 Å². The zero-order valence-corrected chi connectivity index (χ0v) is 8.02. The number of ether oxygens (including phenoxy) is 1. The summed E-state index contributed by atoms with van der Waals surface area (Å²) >= 11 is 0. The maximum atomic E-state index is 10.9. The van der Waals surface area contributed by atoms with Gasteiger partial charge in [-0.1, -0.05) is 13.8 Å². The molecular formula is C10H16O2. The molecule has 0 saturated heterocycles. The van der Waals surface area contributed by atoms with Gasteiger partial charge in [0.2, 0.25) is 0 Å². The van der Waals surface area contributed by atoms with Crippen molar-refractivity contribution in [3.05, 3.63) is 0 Å². The average Bonchev–Trinajstić information content (AvgIpc) is 2.10. The average molecular weight is 168 g/mol. The molecule has 1 unspecified atom stereocenters. The van der Waals surface area contributed by atoms with Gasteiger partial charge in [-0.3, -0.25) is 4.79 Å². The lowest BCUT2D eigenvalue weighted by Crippen LogP contribution is -2.11. The van der Waals surface area contributed by atoms with Crippen molar-refractivity contribution in [3.63, 3.8) is 0 Å². The predicted molar refractivity (Wildman–Crippen MR) is 48.5 cm³/mol. The van der Waals surface area contributed by atoms with E-state index < -0.39 is 0 Å². The van der Waals surface area contributed by atoms with Gasteiger partial charge in [-0.05, 0) is 6.42 Å². The van der Waals surface area contributed by atoms with E-state index in [-0.39, 0.29) is 11.9 Å². The Balaban J connectivity index is 3.65. The summed E-state index contributed by atoms with van der Waals surface area (Å²) in [6, 6.07) is 0. The van der Waals surface area contributed by atoms with Crippen LogP contribution in [0, 0.1) is 17.8 Å². The molecular weight excluding hydrogens is 152 g/mol. The SMILES string of the molecule is CCCC#CCC(C)C(=O)OC. The van der Waals surface area contributed by atoms with Crippen LogP contribution in [0.5, 0.6) is 0 Å². The molecule has 0 aliphatic carbocycles. The van der Waals surface area contributed by atoms with Crippen LogP contribution >= 0.6 is 0 Å². The van der Waals surface area contributed by atoms with Crippen LogP contribution in [0.1, 0.15) is 33.1 Å². The Labute approximate surface area is 74.3 Å². The van der Waals surface area contributed by atoms with Gasteiger partial charge in [0.05, 0.1) is 13.0 Å². The highest BCUT2D eigenvalue weighted by Crippen LogP contribution is 2.02. The van der Waals surface area contributed by atoms with Crippen LogP contribution in [-0.2, 0) is 9.53 Å². The second-order valence-corrected chi connectivity index (χ2v) is 2.73. The van der Waals surface area contributed by atoms with E-state index in [9.17, 15) is 4.79 Å². The van der Waals surface area contributed by atoms with E-state index in [1.807, 2.05) is 6.92 Å². The summed E-state index contributed by atoms with van der Waals surface area (Å²) in [5.74, 6) is 5.66. The van der Waals surface area contributed by atoms with Gasteiger partial charge in [-0.15, -0.1) is 11.8 Å². The molecule has 0 aromatic rings. The minimum Gasteiger partial charge on any atom is -0.469 e. The molecule has 0 amide bonds. The summed E-state index contributed by atoms with van der Waals surface area (Å²) in [5, 5.41) is 0. The number of rotatable bonds is 3. The standard InChI is InChI=1S/C10H16O2/c1-4-5-6-7-8-9(2)10(11)12-3/h9H,4-5,8H2,1-3H3. The van der Waals surface area contributed by atoms with Crippen LogP contribution < -0.4 is 0 Å². The fraction of sp³-hybridized carbons (Fsp3) is 0.700. The van der Waals surface area contributed by atoms with Crippen LogP contribution in [-0.4, -0.2) is 13.1 Å². The molecule has 0 aromatic carbocycles.